The molecule has 2 N–H and O–H groups in total. The van der Waals surface area contributed by atoms with Crippen molar-refractivity contribution in [2.24, 2.45) is 0 Å². The average molecular weight is 495 g/mol. The summed E-state index contributed by atoms with van der Waals surface area (Å²) in [5, 5.41) is 8.53. The Labute approximate surface area is 213 Å². The minimum absolute atomic E-state index is 0.125. The number of hydrogen-bond acceptors (Lipinski definition) is 5. The molecule has 0 radical (unpaired) electrons. The number of dihydropyridines is 1. The van der Waals surface area contributed by atoms with Crippen molar-refractivity contribution in [2.75, 3.05) is 5.32 Å². The monoisotopic (exact) mass is 494 g/mol. The van der Waals surface area contributed by atoms with E-state index in [9.17, 15) is 9.59 Å². The smallest absolute Gasteiger partial charge is 0.254 e. The van der Waals surface area contributed by atoms with E-state index in [2.05, 4.69) is 37.7 Å². The number of anilines is 1. The number of allylic oxidation sites excluding steroid dienone is 3. The first-order valence-electron chi connectivity index (χ1n) is 12.2. The summed E-state index contributed by atoms with van der Waals surface area (Å²) < 4.78 is 2.13. The van der Waals surface area contributed by atoms with Crippen LogP contribution in [0, 0.1) is 0 Å². The second kappa shape index (κ2) is 9.24. The van der Waals surface area contributed by atoms with Gasteiger partial charge in [-0.3, -0.25) is 9.59 Å². The van der Waals surface area contributed by atoms with E-state index < -0.39 is 0 Å². The van der Waals surface area contributed by atoms with E-state index in [1.165, 1.54) is 0 Å². The molecule has 1 aliphatic carbocycles. The second-order valence-corrected chi connectivity index (χ2v) is 10.3. The molecule has 3 heterocycles. The van der Waals surface area contributed by atoms with Gasteiger partial charge in [-0.25, -0.2) is 4.98 Å². The predicted octanol–water partition coefficient (Wildman–Crippen LogP) is 5.75. The Bertz CT molecular complexity index is 1540. The van der Waals surface area contributed by atoms with Gasteiger partial charge in [0.05, 0.1) is 23.9 Å². The summed E-state index contributed by atoms with van der Waals surface area (Å²) >= 11 is 1.65. The fourth-order valence-electron chi connectivity index (χ4n) is 5.27. The Morgan fingerprint density at radius 2 is 1.94 bits per heavy atom. The van der Waals surface area contributed by atoms with E-state index in [-0.39, 0.29) is 17.6 Å². The lowest BCUT2D eigenvalue weighted by atomic mass is 9.75. The number of amides is 1. The Hall–Kier alpha value is -3.97. The van der Waals surface area contributed by atoms with E-state index in [4.69, 9.17) is 0 Å². The summed E-state index contributed by atoms with van der Waals surface area (Å²) in [6.07, 6.45) is 4.03. The molecule has 7 heteroatoms. The Morgan fingerprint density at radius 3 is 2.81 bits per heavy atom. The maximum Gasteiger partial charge on any atom is 0.254 e. The first-order chi connectivity index (χ1) is 17.6. The van der Waals surface area contributed by atoms with Gasteiger partial charge in [0.1, 0.15) is 0 Å². The minimum atomic E-state index is -0.387. The molecular formula is C29H26N4O2S. The van der Waals surface area contributed by atoms with E-state index in [1.54, 1.807) is 11.3 Å². The summed E-state index contributed by atoms with van der Waals surface area (Å²) in [7, 11) is 0. The highest BCUT2D eigenvalue weighted by Gasteiger charge is 2.38. The fourth-order valence-corrected chi connectivity index (χ4v) is 6.18. The molecule has 2 aromatic carbocycles. The summed E-state index contributed by atoms with van der Waals surface area (Å²) in [5.41, 5.74) is 6.87. The minimum Gasteiger partial charge on any atom is -0.362 e. The number of carbonyl (C=O) groups is 2. The van der Waals surface area contributed by atoms with Crippen molar-refractivity contribution in [2.45, 2.75) is 38.6 Å². The largest absolute Gasteiger partial charge is 0.362 e. The molecule has 0 fully saturated rings. The normalized spacial score (nSPS) is 17.8. The van der Waals surface area contributed by atoms with Crippen molar-refractivity contribution >= 4 is 39.7 Å². The second-order valence-electron chi connectivity index (χ2n) is 9.29. The number of ketones is 1. The molecular weight excluding hydrogens is 468 g/mol. The highest BCUT2D eigenvalue weighted by molar-refractivity contribution is 7.10. The quantitative estimate of drug-likeness (QED) is 0.370. The number of nitrogens with one attached hydrogen (secondary N) is 2. The van der Waals surface area contributed by atoms with Crippen molar-refractivity contribution in [3.05, 3.63) is 105 Å². The number of para-hydroxylation sites is 3. The maximum atomic E-state index is 13.6. The van der Waals surface area contributed by atoms with Crippen LogP contribution in [0.2, 0.25) is 0 Å². The van der Waals surface area contributed by atoms with Gasteiger partial charge in [0, 0.05) is 45.4 Å². The summed E-state index contributed by atoms with van der Waals surface area (Å²) in [6.45, 7) is 2.62. The van der Waals surface area contributed by atoms with E-state index in [1.807, 2.05) is 61.8 Å². The van der Waals surface area contributed by atoms with Crippen molar-refractivity contribution in [3.8, 4) is 0 Å². The van der Waals surface area contributed by atoms with E-state index >= 15 is 0 Å². The van der Waals surface area contributed by atoms with Crippen LogP contribution in [0.5, 0.6) is 0 Å². The first kappa shape index (κ1) is 22.5. The van der Waals surface area contributed by atoms with Crippen LogP contribution < -0.4 is 10.6 Å². The van der Waals surface area contributed by atoms with E-state index in [0.717, 1.165) is 57.0 Å². The molecule has 0 spiro atoms. The maximum absolute atomic E-state index is 13.6. The molecule has 0 saturated heterocycles. The number of thiophene rings is 1. The van der Waals surface area contributed by atoms with Gasteiger partial charge < -0.3 is 15.2 Å². The molecule has 1 aliphatic heterocycles. The molecule has 2 aliphatic rings. The van der Waals surface area contributed by atoms with Crippen LogP contribution in [-0.2, 0) is 16.1 Å². The van der Waals surface area contributed by atoms with Gasteiger partial charge in [0.2, 0.25) is 0 Å². The highest BCUT2D eigenvalue weighted by atomic mass is 32.1. The Kier molecular flexibility index (Phi) is 5.77. The number of imidazole rings is 1. The van der Waals surface area contributed by atoms with Crippen molar-refractivity contribution < 1.29 is 9.59 Å². The number of fused-ring (bicyclic) bond motifs is 1. The Morgan fingerprint density at radius 1 is 1.14 bits per heavy atom. The number of Topliss-reactive ketones (excluding diaryl/α,β-unsaturated/α-hetero) is 1. The van der Waals surface area contributed by atoms with Gasteiger partial charge in [-0.15, -0.1) is 11.3 Å². The van der Waals surface area contributed by atoms with Crippen molar-refractivity contribution in [1.82, 2.24) is 14.9 Å². The molecule has 6 rings (SSSR count). The van der Waals surface area contributed by atoms with Gasteiger partial charge in [-0.05, 0) is 61.0 Å². The lowest BCUT2D eigenvalue weighted by Crippen LogP contribution is -2.35. The van der Waals surface area contributed by atoms with Crippen LogP contribution in [-0.4, -0.2) is 21.2 Å². The molecule has 1 atom stereocenters. The van der Waals surface area contributed by atoms with Gasteiger partial charge in [0.25, 0.3) is 5.91 Å². The molecule has 180 valence electrons. The highest BCUT2D eigenvalue weighted by Crippen LogP contribution is 2.43. The summed E-state index contributed by atoms with van der Waals surface area (Å²) in [6, 6.07) is 19.7. The van der Waals surface area contributed by atoms with E-state index in [0.29, 0.717) is 18.5 Å². The van der Waals surface area contributed by atoms with Crippen LogP contribution >= 0.6 is 11.3 Å². The van der Waals surface area contributed by atoms with Crippen LogP contribution in [0.1, 0.15) is 42.5 Å². The topological polar surface area (TPSA) is 76.0 Å². The summed E-state index contributed by atoms with van der Waals surface area (Å²) in [5.74, 6) is -0.448. The van der Waals surface area contributed by atoms with Gasteiger partial charge >= 0.3 is 0 Å². The fraction of sp³-hybridized carbons (Fsp3) is 0.207. The van der Waals surface area contributed by atoms with Crippen LogP contribution in [0.3, 0.4) is 0 Å². The number of benzene rings is 2. The standard InChI is InChI=1S/C29H26N4O2S/c1-18-26(29(35)32-20-8-3-2-4-9-20)27(28-23(31-18)11-7-13-25(28)34)19-14-21(36-16-19)15-33-17-30-22-10-5-6-12-24(22)33/h2-6,8-10,12,14,16-17,27,31H,7,11,13,15H2,1H3,(H,32,35)/t27-/m1/s1. The zero-order chi connectivity index (χ0) is 24.6. The molecule has 0 saturated carbocycles. The number of aromatic nitrogens is 2. The number of nitrogens with zero attached hydrogens (tertiary/aromatic N) is 2. The van der Waals surface area contributed by atoms with Gasteiger partial charge in [-0.2, -0.15) is 0 Å². The molecule has 0 bridgehead atoms. The number of hydrogen-bond donors (Lipinski definition) is 2. The van der Waals surface area contributed by atoms with Crippen LogP contribution in [0.15, 0.2) is 94.9 Å². The zero-order valence-corrected chi connectivity index (χ0v) is 20.8. The molecule has 0 unspecified atom stereocenters. The molecule has 6 nitrogen and oxygen atoms in total. The van der Waals surface area contributed by atoms with Crippen LogP contribution in [0.4, 0.5) is 5.69 Å². The van der Waals surface area contributed by atoms with Gasteiger partial charge in [0.15, 0.2) is 5.78 Å². The molecule has 36 heavy (non-hydrogen) atoms. The third-order valence-electron chi connectivity index (χ3n) is 6.91. The summed E-state index contributed by atoms with van der Waals surface area (Å²) in [4.78, 5) is 32.5. The van der Waals surface area contributed by atoms with Crippen molar-refractivity contribution in [3.63, 3.8) is 0 Å². The predicted molar refractivity (Wildman–Crippen MR) is 143 cm³/mol. The molecule has 4 aromatic rings. The SMILES string of the molecule is CC1=C(C(=O)Nc2ccccc2)[C@@H](c2csc(Cn3cnc4ccccc43)c2)C2=C(CCCC2=O)N1. The first-order valence-corrected chi connectivity index (χ1v) is 13.0. The van der Waals surface area contributed by atoms with Crippen LogP contribution in [0.25, 0.3) is 11.0 Å². The third kappa shape index (κ3) is 4.05. The lowest BCUT2D eigenvalue weighted by molar-refractivity contribution is -0.116. The average Bonchev–Trinajstić information content (AvgIpc) is 3.51. The number of rotatable bonds is 5. The zero-order valence-electron chi connectivity index (χ0n) is 20.0. The lowest BCUT2D eigenvalue weighted by Gasteiger charge is -2.34. The third-order valence-corrected chi connectivity index (χ3v) is 7.85. The number of carbonyl (C=O) groups excluding carboxylic acids is 2. The molecule has 2 aromatic heterocycles. The molecule has 1 amide bonds. The Balaban J connectivity index is 1.37. The van der Waals surface area contributed by atoms with Gasteiger partial charge in [-0.1, -0.05) is 30.3 Å². The van der Waals surface area contributed by atoms with Crippen molar-refractivity contribution in [1.29, 1.82) is 0 Å².